The summed E-state index contributed by atoms with van der Waals surface area (Å²) in [4.78, 5) is 19.5. The first-order valence-electron chi connectivity index (χ1n) is 17.8. The van der Waals surface area contributed by atoms with Crippen molar-refractivity contribution >= 4 is 5.70 Å². The lowest BCUT2D eigenvalue weighted by Gasteiger charge is -2.31. The van der Waals surface area contributed by atoms with Crippen molar-refractivity contribution in [3.05, 3.63) is 174 Å². The highest BCUT2D eigenvalue weighted by atomic mass is 15.0. The first kappa shape index (κ1) is 30.8. The number of nitrogens with one attached hydrogen (secondary N) is 1. The number of hydrogen-bond acceptors (Lipinski definition) is 5. The van der Waals surface area contributed by atoms with E-state index < -0.39 is 0 Å². The third kappa shape index (κ3) is 6.12. The second kappa shape index (κ2) is 13.3. The highest BCUT2D eigenvalue weighted by Crippen LogP contribution is 2.40. The second-order valence-corrected chi connectivity index (χ2v) is 13.5. The van der Waals surface area contributed by atoms with Gasteiger partial charge in [-0.1, -0.05) is 115 Å². The largest absolute Gasteiger partial charge is 0.377 e. The van der Waals surface area contributed by atoms with Crippen molar-refractivity contribution in [3.63, 3.8) is 0 Å². The van der Waals surface area contributed by atoms with Crippen LogP contribution in [0.2, 0.25) is 0 Å². The summed E-state index contributed by atoms with van der Waals surface area (Å²) in [6.07, 6.45) is 20.2. The quantitative estimate of drug-likeness (QED) is 0.193. The molecule has 246 valence electrons. The molecule has 9 rings (SSSR count). The summed E-state index contributed by atoms with van der Waals surface area (Å²) in [7, 11) is 0. The van der Waals surface area contributed by atoms with E-state index in [9.17, 15) is 0 Å². The SMILES string of the molecule is CC1C=CC2=C(N1)c1nc(-c3ccc(-c4ccc(-c5cc(-c6ccncc6)nc(-c6ccccc6)n5)cc4)cc3)cc(C3C=CC=CC3)c1CC2. The van der Waals surface area contributed by atoms with Crippen LogP contribution in [-0.2, 0) is 6.42 Å². The predicted octanol–water partition coefficient (Wildman–Crippen LogP) is 10.4. The average Bonchev–Trinajstić information content (AvgIpc) is 3.21. The number of benzene rings is 3. The molecule has 0 saturated carbocycles. The Balaban J connectivity index is 1.04. The highest BCUT2D eigenvalue weighted by molar-refractivity contribution is 5.78. The second-order valence-electron chi connectivity index (χ2n) is 13.5. The molecule has 2 aliphatic carbocycles. The highest BCUT2D eigenvalue weighted by Gasteiger charge is 2.28. The van der Waals surface area contributed by atoms with Gasteiger partial charge in [-0.2, -0.15) is 0 Å². The smallest absolute Gasteiger partial charge is 0.160 e. The number of dihydropyridines is 1. The van der Waals surface area contributed by atoms with Crippen LogP contribution in [0.25, 0.3) is 62.0 Å². The van der Waals surface area contributed by atoms with Crippen LogP contribution in [0.15, 0.2) is 158 Å². The Hall–Kier alpha value is -6.20. The van der Waals surface area contributed by atoms with Crippen LogP contribution in [0.4, 0.5) is 0 Å². The van der Waals surface area contributed by atoms with Crippen LogP contribution < -0.4 is 5.32 Å². The summed E-state index contributed by atoms with van der Waals surface area (Å²) in [5, 5.41) is 3.74. The van der Waals surface area contributed by atoms with Gasteiger partial charge in [-0.05, 0) is 78.3 Å². The van der Waals surface area contributed by atoms with Crippen molar-refractivity contribution in [2.45, 2.75) is 38.1 Å². The number of rotatable bonds is 6. The molecule has 2 unspecified atom stereocenters. The minimum atomic E-state index is 0.288. The lowest BCUT2D eigenvalue weighted by Crippen LogP contribution is -2.29. The molecular weight excluding hydrogens is 623 g/mol. The minimum absolute atomic E-state index is 0.288. The van der Waals surface area contributed by atoms with E-state index in [0.717, 1.165) is 75.4 Å². The van der Waals surface area contributed by atoms with Crippen LogP contribution in [0.1, 0.15) is 42.5 Å². The lowest BCUT2D eigenvalue weighted by atomic mass is 9.81. The summed E-state index contributed by atoms with van der Waals surface area (Å²) in [5.74, 6) is 1.06. The number of hydrogen-bond donors (Lipinski definition) is 1. The molecule has 3 aliphatic rings. The van der Waals surface area contributed by atoms with Gasteiger partial charge in [-0.25, -0.2) is 15.0 Å². The molecule has 1 N–H and O–H groups in total. The van der Waals surface area contributed by atoms with Gasteiger partial charge >= 0.3 is 0 Å². The Morgan fingerprint density at radius 1 is 0.608 bits per heavy atom. The Labute approximate surface area is 298 Å². The van der Waals surface area contributed by atoms with E-state index >= 15 is 0 Å². The zero-order valence-electron chi connectivity index (χ0n) is 28.5. The molecule has 0 fully saturated rings. The first-order valence-corrected chi connectivity index (χ1v) is 17.8. The fourth-order valence-electron chi connectivity index (χ4n) is 7.40. The molecule has 51 heavy (non-hydrogen) atoms. The fourth-order valence-corrected chi connectivity index (χ4v) is 7.40. The normalized spacial score (nSPS) is 17.5. The van der Waals surface area contributed by atoms with Gasteiger partial charge in [-0.3, -0.25) is 4.98 Å². The van der Waals surface area contributed by atoms with E-state index in [1.54, 1.807) is 12.4 Å². The molecule has 6 aromatic rings. The maximum absolute atomic E-state index is 5.35. The molecule has 0 amide bonds. The topological polar surface area (TPSA) is 63.6 Å². The lowest BCUT2D eigenvalue weighted by molar-refractivity contribution is 0.735. The third-order valence-corrected chi connectivity index (χ3v) is 10.1. The molecule has 0 bridgehead atoms. The van der Waals surface area contributed by atoms with Crippen LogP contribution in [0.3, 0.4) is 0 Å². The number of fused-ring (bicyclic) bond motifs is 2. The van der Waals surface area contributed by atoms with Crippen molar-refractivity contribution in [3.8, 4) is 56.3 Å². The molecule has 3 aromatic carbocycles. The van der Waals surface area contributed by atoms with Gasteiger partial charge in [0.2, 0.25) is 0 Å². The Morgan fingerprint density at radius 3 is 1.92 bits per heavy atom. The first-order chi connectivity index (χ1) is 25.2. The van der Waals surface area contributed by atoms with Crippen molar-refractivity contribution in [2.24, 2.45) is 0 Å². The van der Waals surface area contributed by atoms with E-state index in [1.165, 1.54) is 22.4 Å². The zero-order chi connectivity index (χ0) is 34.1. The van der Waals surface area contributed by atoms with E-state index in [1.807, 2.05) is 42.5 Å². The average molecular weight is 660 g/mol. The van der Waals surface area contributed by atoms with Gasteiger partial charge in [0.05, 0.1) is 28.5 Å². The maximum atomic E-state index is 5.35. The van der Waals surface area contributed by atoms with E-state index in [-0.39, 0.29) is 6.04 Å². The van der Waals surface area contributed by atoms with Crippen molar-refractivity contribution in [2.75, 3.05) is 0 Å². The molecule has 4 heterocycles. The Bertz CT molecular complexity index is 2290. The van der Waals surface area contributed by atoms with Crippen LogP contribution in [-0.4, -0.2) is 26.0 Å². The predicted molar refractivity (Wildman–Crippen MR) is 207 cm³/mol. The van der Waals surface area contributed by atoms with Crippen molar-refractivity contribution < 1.29 is 0 Å². The third-order valence-electron chi connectivity index (χ3n) is 10.1. The van der Waals surface area contributed by atoms with Gasteiger partial charge in [0.1, 0.15) is 0 Å². The Kier molecular flexibility index (Phi) is 8.01. The number of nitrogens with zero attached hydrogens (tertiary/aromatic N) is 4. The summed E-state index contributed by atoms with van der Waals surface area (Å²) < 4.78 is 0. The van der Waals surface area contributed by atoms with Crippen LogP contribution in [0.5, 0.6) is 0 Å². The summed E-state index contributed by atoms with van der Waals surface area (Å²) in [6.45, 7) is 2.20. The Morgan fingerprint density at radius 2 is 1.25 bits per heavy atom. The van der Waals surface area contributed by atoms with Crippen molar-refractivity contribution in [1.29, 1.82) is 0 Å². The molecule has 3 aromatic heterocycles. The summed E-state index contributed by atoms with van der Waals surface area (Å²) in [6, 6.07) is 36.3. The van der Waals surface area contributed by atoms with E-state index in [0.29, 0.717) is 11.7 Å². The van der Waals surface area contributed by atoms with Crippen LogP contribution in [0, 0.1) is 0 Å². The summed E-state index contributed by atoms with van der Waals surface area (Å²) in [5.41, 5.74) is 15.7. The van der Waals surface area contributed by atoms with Crippen molar-refractivity contribution in [1.82, 2.24) is 25.3 Å². The fraction of sp³-hybridized carbons (Fsp3) is 0.130. The van der Waals surface area contributed by atoms with Gasteiger partial charge in [0.15, 0.2) is 5.82 Å². The van der Waals surface area contributed by atoms with Gasteiger partial charge in [0.25, 0.3) is 0 Å². The van der Waals surface area contributed by atoms with Gasteiger partial charge < -0.3 is 5.32 Å². The number of allylic oxidation sites excluding steroid dienone is 6. The number of pyridine rings is 2. The molecule has 2 atom stereocenters. The molecule has 0 radical (unpaired) electrons. The van der Waals surface area contributed by atoms with E-state index in [2.05, 4.69) is 114 Å². The zero-order valence-corrected chi connectivity index (χ0v) is 28.5. The molecule has 5 nitrogen and oxygen atoms in total. The minimum Gasteiger partial charge on any atom is -0.377 e. The molecular formula is C46H37N5. The standard InChI is InChI=1S/C46H37N5/c1-30-12-13-37-22-23-39-40(33-8-4-2-5-9-33)28-41(49-45(39)44(37)48-30)34-18-14-31(15-19-34)32-16-20-35(21-17-32)42-29-43(36-24-26-47-27-25-36)51-46(50-42)38-10-6-3-7-11-38/h2-8,10-21,24-30,33,48H,9,22-23H2,1H3. The van der Waals surface area contributed by atoms with Gasteiger partial charge in [0, 0.05) is 46.6 Å². The molecule has 1 aliphatic heterocycles. The molecule has 0 saturated heterocycles. The van der Waals surface area contributed by atoms with Crippen LogP contribution >= 0.6 is 0 Å². The number of aromatic nitrogens is 4. The van der Waals surface area contributed by atoms with Gasteiger partial charge in [-0.15, -0.1) is 0 Å². The molecule has 5 heteroatoms. The molecule has 0 spiro atoms. The monoisotopic (exact) mass is 659 g/mol. The maximum Gasteiger partial charge on any atom is 0.160 e. The van der Waals surface area contributed by atoms with E-state index in [4.69, 9.17) is 15.0 Å². The summed E-state index contributed by atoms with van der Waals surface area (Å²) >= 11 is 0.